The lowest BCUT2D eigenvalue weighted by Crippen LogP contribution is -2.35. The number of carbonyl (C=O) groups is 2. The summed E-state index contributed by atoms with van der Waals surface area (Å²) >= 11 is 1.50. The van der Waals surface area contributed by atoms with E-state index >= 15 is 0 Å². The van der Waals surface area contributed by atoms with E-state index in [4.69, 9.17) is 5.11 Å². The summed E-state index contributed by atoms with van der Waals surface area (Å²) in [6.45, 7) is 0.435. The summed E-state index contributed by atoms with van der Waals surface area (Å²) in [5.41, 5.74) is 0. The fourth-order valence-electron chi connectivity index (χ4n) is 2.30. The molecule has 0 aromatic carbocycles. The van der Waals surface area contributed by atoms with Gasteiger partial charge in [0, 0.05) is 17.5 Å². The maximum Gasteiger partial charge on any atom is 0.306 e. The number of carbonyl (C=O) groups excluding carboxylic acids is 1. The fraction of sp³-hybridized carbons (Fsp3) is 0.583. The molecule has 0 bridgehead atoms. The summed E-state index contributed by atoms with van der Waals surface area (Å²) in [5.74, 6) is -1.36. The summed E-state index contributed by atoms with van der Waals surface area (Å²) in [4.78, 5) is 26.9. The number of nitrogens with zero attached hydrogens (tertiary/aromatic N) is 1. The molecule has 5 nitrogen and oxygen atoms in total. The second kappa shape index (κ2) is 5.95. The zero-order valence-electron chi connectivity index (χ0n) is 9.96. The highest BCUT2D eigenvalue weighted by Gasteiger charge is 2.30. The monoisotopic (exact) mass is 268 g/mol. The fourth-order valence-corrected chi connectivity index (χ4v) is 2.86. The minimum atomic E-state index is -0.785. The number of aromatic nitrogens is 1. The lowest BCUT2D eigenvalue weighted by Gasteiger charge is -2.25. The predicted octanol–water partition coefficient (Wildman–Crippen LogP) is 1.65. The summed E-state index contributed by atoms with van der Waals surface area (Å²) in [5, 5.41) is 14.5. The minimum Gasteiger partial charge on any atom is -0.481 e. The molecule has 1 aromatic heterocycles. The topological polar surface area (TPSA) is 79.3 Å². The Hall–Kier alpha value is -1.43. The zero-order valence-corrected chi connectivity index (χ0v) is 10.8. The second-order valence-corrected chi connectivity index (χ2v) is 5.52. The van der Waals surface area contributed by atoms with Gasteiger partial charge in [0.25, 0.3) is 0 Å². The zero-order chi connectivity index (χ0) is 13.0. The Morgan fingerprint density at radius 2 is 2.22 bits per heavy atom. The van der Waals surface area contributed by atoms with Crippen LogP contribution in [0.25, 0.3) is 0 Å². The highest BCUT2D eigenvalue weighted by molar-refractivity contribution is 7.09. The lowest BCUT2D eigenvalue weighted by molar-refractivity contribution is -0.144. The van der Waals surface area contributed by atoms with Gasteiger partial charge in [-0.15, -0.1) is 11.3 Å². The van der Waals surface area contributed by atoms with Crippen LogP contribution in [-0.2, 0) is 16.1 Å². The van der Waals surface area contributed by atoms with Crippen LogP contribution >= 0.6 is 11.3 Å². The van der Waals surface area contributed by atoms with Crippen LogP contribution in [-0.4, -0.2) is 22.0 Å². The van der Waals surface area contributed by atoms with Crippen molar-refractivity contribution in [3.63, 3.8) is 0 Å². The molecule has 0 spiro atoms. The molecule has 2 N–H and O–H groups in total. The molecule has 2 atom stereocenters. The molecule has 1 aliphatic rings. The molecular weight excluding hydrogens is 252 g/mol. The molecule has 1 saturated carbocycles. The van der Waals surface area contributed by atoms with E-state index in [1.165, 1.54) is 11.3 Å². The van der Waals surface area contributed by atoms with Gasteiger partial charge in [0.15, 0.2) is 0 Å². The highest BCUT2D eigenvalue weighted by Crippen LogP contribution is 2.29. The molecule has 0 saturated heterocycles. The van der Waals surface area contributed by atoms with E-state index in [2.05, 4.69) is 10.3 Å². The van der Waals surface area contributed by atoms with Gasteiger partial charge in [0.1, 0.15) is 5.01 Å². The van der Waals surface area contributed by atoms with Crippen LogP contribution in [0.3, 0.4) is 0 Å². The Labute approximate surface area is 109 Å². The smallest absolute Gasteiger partial charge is 0.306 e. The molecule has 98 valence electrons. The summed E-state index contributed by atoms with van der Waals surface area (Å²) < 4.78 is 0. The largest absolute Gasteiger partial charge is 0.481 e. The third-order valence-electron chi connectivity index (χ3n) is 3.29. The predicted molar refractivity (Wildman–Crippen MR) is 67.0 cm³/mol. The van der Waals surface area contributed by atoms with Gasteiger partial charge in [0.2, 0.25) is 5.91 Å². The van der Waals surface area contributed by atoms with Gasteiger partial charge in [-0.05, 0) is 19.3 Å². The molecule has 18 heavy (non-hydrogen) atoms. The quantitative estimate of drug-likeness (QED) is 0.870. The van der Waals surface area contributed by atoms with Crippen LogP contribution in [0.1, 0.15) is 30.7 Å². The van der Waals surface area contributed by atoms with Crippen molar-refractivity contribution in [2.24, 2.45) is 11.8 Å². The van der Waals surface area contributed by atoms with Gasteiger partial charge in [-0.3, -0.25) is 9.59 Å². The number of hydrogen-bond donors (Lipinski definition) is 2. The first-order valence-corrected chi connectivity index (χ1v) is 6.93. The summed E-state index contributed by atoms with van der Waals surface area (Å²) in [6, 6.07) is 0. The first kappa shape index (κ1) is 13.0. The average Bonchev–Trinajstić information content (AvgIpc) is 2.89. The Balaban J connectivity index is 1.83. The van der Waals surface area contributed by atoms with Crippen molar-refractivity contribution >= 4 is 23.2 Å². The van der Waals surface area contributed by atoms with Crippen LogP contribution in [0.5, 0.6) is 0 Å². The standard InChI is InChI=1S/C12H16N2O3S/c15-11(14-7-10-13-4-5-18-10)8-2-1-3-9(6-8)12(16)17/h4-5,8-9H,1-3,6-7H2,(H,14,15)(H,16,17). The molecule has 0 radical (unpaired) electrons. The van der Waals surface area contributed by atoms with E-state index in [1.54, 1.807) is 6.20 Å². The van der Waals surface area contributed by atoms with Crippen molar-refractivity contribution in [2.45, 2.75) is 32.2 Å². The Morgan fingerprint density at radius 3 is 2.89 bits per heavy atom. The van der Waals surface area contributed by atoms with Crippen LogP contribution in [0.4, 0.5) is 0 Å². The molecular formula is C12H16N2O3S. The second-order valence-electron chi connectivity index (χ2n) is 4.54. The maximum absolute atomic E-state index is 11.9. The normalized spacial score (nSPS) is 23.6. The number of amides is 1. The Kier molecular flexibility index (Phi) is 4.30. The SMILES string of the molecule is O=C(O)C1CCCC(C(=O)NCc2nccs2)C1. The van der Waals surface area contributed by atoms with Crippen molar-refractivity contribution in [3.05, 3.63) is 16.6 Å². The number of aliphatic carboxylic acids is 1. The first-order chi connectivity index (χ1) is 8.66. The van der Waals surface area contributed by atoms with Crippen molar-refractivity contribution in [1.29, 1.82) is 0 Å². The van der Waals surface area contributed by atoms with Crippen LogP contribution in [0, 0.1) is 11.8 Å². The van der Waals surface area contributed by atoms with Crippen molar-refractivity contribution < 1.29 is 14.7 Å². The molecule has 1 aromatic rings. The summed E-state index contributed by atoms with van der Waals surface area (Å²) in [6.07, 6.45) is 4.44. The molecule has 1 fully saturated rings. The van der Waals surface area contributed by atoms with E-state index < -0.39 is 5.97 Å². The van der Waals surface area contributed by atoms with E-state index in [0.29, 0.717) is 19.4 Å². The van der Waals surface area contributed by atoms with E-state index in [1.807, 2.05) is 5.38 Å². The molecule has 1 aliphatic carbocycles. The lowest BCUT2D eigenvalue weighted by atomic mass is 9.81. The number of carboxylic acids is 1. The number of thiazole rings is 1. The van der Waals surface area contributed by atoms with Crippen molar-refractivity contribution in [1.82, 2.24) is 10.3 Å². The first-order valence-electron chi connectivity index (χ1n) is 6.05. The van der Waals surface area contributed by atoms with E-state index in [9.17, 15) is 9.59 Å². The van der Waals surface area contributed by atoms with Crippen LogP contribution in [0.2, 0.25) is 0 Å². The number of rotatable bonds is 4. The maximum atomic E-state index is 11.9. The Morgan fingerprint density at radius 1 is 1.44 bits per heavy atom. The van der Waals surface area contributed by atoms with Gasteiger partial charge in [-0.2, -0.15) is 0 Å². The van der Waals surface area contributed by atoms with E-state index in [-0.39, 0.29) is 17.7 Å². The number of hydrogen-bond acceptors (Lipinski definition) is 4. The van der Waals surface area contributed by atoms with Gasteiger partial charge in [-0.1, -0.05) is 6.42 Å². The van der Waals surface area contributed by atoms with Crippen LogP contribution < -0.4 is 5.32 Å². The van der Waals surface area contributed by atoms with E-state index in [0.717, 1.165) is 17.8 Å². The number of nitrogens with one attached hydrogen (secondary N) is 1. The van der Waals surface area contributed by atoms with Gasteiger partial charge in [0.05, 0.1) is 12.5 Å². The highest BCUT2D eigenvalue weighted by atomic mass is 32.1. The van der Waals surface area contributed by atoms with Gasteiger partial charge >= 0.3 is 5.97 Å². The third-order valence-corrected chi connectivity index (χ3v) is 4.07. The minimum absolute atomic E-state index is 0.0452. The van der Waals surface area contributed by atoms with Crippen molar-refractivity contribution in [2.75, 3.05) is 0 Å². The molecule has 6 heteroatoms. The van der Waals surface area contributed by atoms with Crippen molar-refractivity contribution in [3.8, 4) is 0 Å². The molecule has 0 aliphatic heterocycles. The molecule has 2 rings (SSSR count). The van der Waals surface area contributed by atoms with Crippen LogP contribution in [0.15, 0.2) is 11.6 Å². The Bertz CT molecular complexity index is 419. The summed E-state index contributed by atoms with van der Waals surface area (Å²) in [7, 11) is 0. The van der Waals surface area contributed by atoms with Gasteiger partial charge in [-0.25, -0.2) is 4.98 Å². The molecule has 2 unspecified atom stereocenters. The number of carboxylic acid groups (broad SMARTS) is 1. The molecule has 1 heterocycles. The third kappa shape index (κ3) is 3.29. The molecule has 1 amide bonds. The average molecular weight is 268 g/mol. The van der Waals surface area contributed by atoms with Gasteiger partial charge < -0.3 is 10.4 Å².